The number of halogens is 3. The fraction of sp³-hybridized carbons (Fsp3) is 0.611. The summed E-state index contributed by atoms with van der Waals surface area (Å²) in [4.78, 5) is 14.0. The molecule has 0 N–H and O–H groups in total. The molecule has 0 unspecified atom stereocenters. The molecular weight excluding hydrogens is 413 g/mol. The van der Waals surface area contributed by atoms with Gasteiger partial charge in [0.25, 0.3) is 11.7 Å². The number of carbonyl (C=O) groups excluding carboxylic acids is 1. The maximum absolute atomic E-state index is 13.0. The van der Waals surface area contributed by atoms with Crippen LogP contribution in [-0.2, 0) is 30.1 Å². The first kappa shape index (κ1) is 20.6. The number of rotatable bonds is 4. The van der Waals surface area contributed by atoms with Gasteiger partial charge in [0.15, 0.2) is 0 Å². The monoisotopic (exact) mass is 434 g/mol. The molecule has 0 radical (unpaired) electrons. The molecular formula is C18H21F3N2O5S. The lowest BCUT2D eigenvalue weighted by atomic mass is 10.1. The first-order valence-electron chi connectivity index (χ1n) is 9.46. The average Bonchev–Trinajstić information content (AvgIpc) is 3.29. The number of hydrogen-bond donors (Lipinski definition) is 0. The van der Waals surface area contributed by atoms with Crippen molar-refractivity contribution in [1.29, 1.82) is 0 Å². The third-order valence-electron chi connectivity index (χ3n) is 5.36. The Hall–Kier alpha value is -1.69. The van der Waals surface area contributed by atoms with Crippen LogP contribution in [0, 0.1) is 0 Å². The van der Waals surface area contributed by atoms with Crippen LogP contribution in [0.5, 0.6) is 0 Å². The van der Waals surface area contributed by atoms with Crippen molar-refractivity contribution < 1.29 is 35.9 Å². The van der Waals surface area contributed by atoms with Crippen molar-refractivity contribution in [1.82, 2.24) is 4.31 Å². The van der Waals surface area contributed by atoms with E-state index in [4.69, 9.17) is 9.47 Å². The quantitative estimate of drug-likeness (QED) is 0.727. The number of anilines is 1. The fourth-order valence-corrected chi connectivity index (χ4v) is 5.47. The summed E-state index contributed by atoms with van der Waals surface area (Å²) in [6, 6.07) is 3.99. The number of carbonyl (C=O) groups is 1. The Labute approximate surface area is 166 Å². The number of benzene rings is 1. The lowest BCUT2D eigenvalue weighted by molar-refractivity contribution is -0.257. The highest BCUT2D eigenvalue weighted by molar-refractivity contribution is 7.89. The van der Waals surface area contributed by atoms with Crippen LogP contribution in [0.2, 0.25) is 0 Å². The lowest BCUT2D eigenvalue weighted by Gasteiger charge is -2.32. The molecule has 160 valence electrons. The van der Waals surface area contributed by atoms with Gasteiger partial charge in [-0.3, -0.25) is 4.79 Å². The van der Waals surface area contributed by atoms with Crippen LogP contribution in [0.3, 0.4) is 0 Å². The zero-order valence-electron chi connectivity index (χ0n) is 15.6. The van der Waals surface area contributed by atoms with E-state index < -0.39 is 40.9 Å². The van der Waals surface area contributed by atoms with E-state index in [2.05, 4.69) is 0 Å². The van der Waals surface area contributed by atoms with Gasteiger partial charge in [0.2, 0.25) is 10.0 Å². The molecule has 1 amide bonds. The standard InChI is InChI=1S/C18H21F3N2O5S/c19-17(20,21)6-9-23-15-5-4-13(29(25,26)22-7-1-2-8-22)12-14(15)18(16(23)24)27-10-3-11-28-18/h4-5,12H,1-3,6-11H2. The summed E-state index contributed by atoms with van der Waals surface area (Å²) < 4.78 is 76.7. The van der Waals surface area contributed by atoms with Crippen molar-refractivity contribution in [2.45, 2.75) is 42.5 Å². The Morgan fingerprint density at radius 3 is 2.34 bits per heavy atom. The minimum absolute atomic E-state index is 0.0271. The number of amides is 1. The second-order valence-corrected chi connectivity index (χ2v) is 9.22. The van der Waals surface area contributed by atoms with Crippen LogP contribution < -0.4 is 4.90 Å². The first-order chi connectivity index (χ1) is 13.7. The normalized spacial score (nSPS) is 22.4. The van der Waals surface area contributed by atoms with Gasteiger partial charge in [-0.05, 0) is 37.5 Å². The first-order valence-corrected chi connectivity index (χ1v) is 10.9. The summed E-state index contributed by atoms with van der Waals surface area (Å²) in [6.45, 7) is 0.590. The van der Waals surface area contributed by atoms with Crippen LogP contribution >= 0.6 is 0 Å². The van der Waals surface area contributed by atoms with Gasteiger partial charge in [-0.15, -0.1) is 0 Å². The van der Waals surface area contributed by atoms with Crippen molar-refractivity contribution in [3.63, 3.8) is 0 Å². The Morgan fingerprint density at radius 1 is 1.07 bits per heavy atom. The molecule has 2 saturated heterocycles. The largest absolute Gasteiger partial charge is 0.390 e. The minimum atomic E-state index is -4.44. The third kappa shape index (κ3) is 3.54. The number of fused-ring (bicyclic) bond motifs is 2. The SMILES string of the molecule is O=C1N(CCC(F)(F)F)c2ccc(S(=O)(=O)N3CCCC3)cc2C12OCCCO2. The summed E-state index contributed by atoms with van der Waals surface area (Å²) in [7, 11) is -3.77. The summed E-state index contributed by atoms with van der Waals surface area (Å²) >= 11 is 0. The second-order valence-electron chi connectivity index (χ2n) is 7.28. The van der Waals surface area contributed by atoms with Crippen molar-refractivity contribution in [2.24, 2.45) is 0 Å². The van der Waals surface area contributed by atoms with Crippen molar-refractivity contribution in [2.75, 3.05) is 37.7 Å². The summed E-state index contributed by atoms with van der Waals surface area (Å²) in [5, 5.41) is 0. The Morgan fingerprint density at radius 2 is 1.72 bits per heavy atom. The highest BCUT2D eigenvalue weighted by Crippen LogP contribution is 2.46. The number of sulfonamides is 1. The number of hydrogen-bond acceptors (Lipinski definition) is 5. The smallest absolute Gasteiger partial charge is 0.338 e. The summed E-state index contributed by atoms with van der Waals surface area (Å²) in [5.41, 5.74) is 0.325. The second kappa shape index (κ2) is 7.22. The van der Waals surface area contributed by atoms with Crippen LogP contribution in [0.1, 0.15) is 31.2 Å². The van der Waals surface area contributed by atoms with Gasteiger partial charge >= 0.3 is 6.18 Å². The third-order valence-corrected chi connectivity index (χ3v) is 7.26. The van der Waals surface area contributed by atoms with Crippen molar-refractivity contribution >= 4 is 21.6 Å². The van der Waals surface area contributed by atoms with Crippen molar-refractivity contribution in [3.8, 4) is 0 Å². The lowest BCUT2D eigenvalue weighted by Crippen LogP contribution is -2.47. The highest BCUT2D eigenvalue weighted by atomic mass is 32.2. The van der Waals surface area contributed by atoms with Crippen LogP contribution in [0.25, 0.3) is 0 Å². The zero-order valence-corrected chi connectivity index (χ0v) is 16.4. The molecule has 2 fully saturated rings. The molecule has 3 aliphatic heterocycles. The molecule has 4 rings (SSSR count). The summed E-state index contributed by atoms with van der Waals surface area (Å²) in [6.07, 6.45) is -3.57. The topological polar surface area (TPSA) is 76.2 Å². The Kier molecular flexibility index (Phi) is 5.12. The van der Waals surface area contributed by atoms with Crippen LogP contribution in [-0.4, -0.2) is 57.7 Å². The van der Waals surface area contributed by atoms with E-state index in [1.807, 2.05) is 0 Å². The molecule has 0 aromatic heterocycles. The molecule has 11 heteroatoms. The maximum atomic E-state index is 13.0. The van der Waals surface area contributed by atoms with E-state index in [1.165, 1.54) is 22.5 Å². The maximum Gasteiger partial charge on any atom is 0.390 e. The highest BCUT2D eigenvalue weighted by Gasteiger charge is 2.55. The van der Waals surface area contributed by atoms with Gasteiger partial charge in [0.05, 0.1) is 30.2 Å². The summed E-state index contributed by atoms with van der Waals surface area (Å²) in [5.74, 6) is -2.65. The van der Waals surface area contributed by atoms with Gasteiger partial charge in [-0.2, -0.15) is 17.5 Å². The number of alkyl halides is 3. The van der Waals surface area contributed by atoms with E-state index in [0.717, 1.165) is 17.7 Å². The minimum Gasteiger partial charge on any atom is -0.338 e. The molecule has 0 atom stereocenters. The van der Waals surface area contributed by atoms with E-state index in [0.29, 0.717) is 19.5 Å². The molecule has 1 aromatic rings. The Bertz CT molecular complexity index is 907. The Balaban J connectivity index is 1.76. The van der Waals surface area contributed by atoms with Crippen LogP contribution in [0.15, 0.2) is 23.1 Å². The molecule has 7 nitrogen and oxygen atoms in total. The predicted molar refractivity (Wildman–Crippen MR) is 95.7 cm³/mol. The number of nitrogens with zero attached hydrogens (tertiary/aromatic N) is 2. The zero-order chi connectivity index (χ0) is 20.9. The molecule has 1 spiro atoms. The predicted octanol–water partition coefficient (Wildman–Crippen LogP) is 2.36. The molecule has 3 aliphatic rings. The molecule has 0 bridgehead atoms. The van der Waals surface area contributed by atoms with Gasteiger partial charge in [-0.25, -0.2) is 8.42 Å². The van der Waals surface area contributed by atoms with Gasteiger partial charge < -0.3 is 14.4 Å². The van der Waals surface area contributed by atoms with Crippen molar-refractivity contribution in [3.05, 3.63) is 23.8 Å². The van der Waals surface area contributed by atoms with E-state index in [9.17, 15) is 26.4 Å². The van der Waals surface area contributed by atoms with Crippen LogP contribution in [0.4, 0.5) is 18.9 Å². The molecule has 29 heavy (non-hydrogen) atoms. The van der Waals surface area contributed by atoms with E-state index >= 15 is 0 Å². The molecule has 0 aliphatic carbocycles. The molecule has 3 heterocycles. The van der Waals surface area contributed by atoms with Gasteiger partial charge in [0.1, 0.15) is 0 Å². The molecule has 0 saturated carbocycles. The molecule has 1 aromatic carbocycles. The van der Waals surface area contributed by atoms with Gasteiger partial charge in [-0.1, -0.05) is 0 Å². The number of ether oxygens (including phenoxy) is 2. The van der Waals surface area contributed by atoms with Gasteiger partial charge in [0, 0.05) is 25.2 Å². The van der Waals surface area contributed by atoms with E-state index in [-0.39, 0.29) is 29.4 Å². The van der Waals surface area contributed by atoms with E-state index in [1.54, 1.807) is 0 Å². The fourth-order valence-electron chi connectivity index (χ4n) is 3.93. The average molecular weight is 434 g/mol.